The van der Waals surface area contributed by atoms with Crippen LogP contribution in [-0.4, -0.2) is 13.6 Å². The lowest BCUT2D eigenvalue weighted by atomic mass is 10.1. The maximum absolute atomic E-state index is 8.58. The zero-order valence-electron chi connectivity index (χ0n) is 7.88. The molecule has 1 rings (SSSR count). The number of hydrogen-bond acceptors (Lipinski definition) is 2. The van der Waals surface area contributed by atoms with Gasteiger partial charge in [0.1, 0.15) is 0 Å². The first-order valence-corrected chi connectivity index (χ1v) is 4.50. The molecule has 2 nitrogen and oxygen atoms in total. The normalized spacial score (nSPS) is 9.54. The van der Waals surface area contributed by atoms with Crippen molar-refractivity contribution in [2.45, 2.75) is 12.8 Å². The molecule has 0 saturated carbocycles. The van der Waals surface area contributed by atoms with Crippen molar-refractivity contribution in [3.8, 4) is 6.07 Å². The summed E-state index contributed by atoms with van der Waals surface area (Å²) in [6, 6.07) is 9.89. The SMILES string of the molecule is CNCCCc1ccc(C#N)cc1. The average Bonchev–Trinajstić information content (AvgIpc) is 2.19. The van der Waals surface area contributed by atoms with E-state index in [4.69, 9.17) is 5.26 Å². The zero-order valence-corrected chi connectivity index (χ0v) is 7.88. The first kappa shape index (κ1) is 9.76. The standard InChI is InChI=1S/C11H14N2/c1-13-8-2-3-10-4-6-11(9-12)7-5-10/h4-7,13H,2-3,8H2,1H3. The van der Waals surface area contributed by atoms with Gasteiger partial charge in [0.15, 0.2) is 0 Å². The molecule has 0 saturated heterocycles. The third-order valence-corrected chi connectivity index (χ3v) is 1.98. The van der Waals surface area contributed by atoms with Crippen molar-refractivity contribution < 1.29 is 0 Å². The van der Waals surface area contributed by atoms with E-state index in [9.17, 15) is 0 Å². The lowest BCUT2D eigenvalue weighted by Gasteiger charge is -2.00. The average molecular weight is 174 g/mol. The van der Waals surface area contributed by atoms with Gasteiger partial charge < -0.3 is 5.32 Å². The third-order valence-electron chi connectivity index (χ3n) is 1.98. The Hall–Kier alpha value is -1.33. The highest BCUT2D eigenvalue weighted by Gasteiger charge is 1.93. The summed E-state index contributed by atoms with van der Waals surface area (Å²) in [6.45, 7) is 1.04. The summed E-state index contributed by atoms with van der Waals surface area (Å²) in [5.74, 6) is 0. The highest BCUT2D eigenvalue weighted by molar-refractivity contribution is 5.31. The summed E-state index contributed by atoms with van der Waals surface area (Å²) < 4.78 is 0. The summed E-state index contributed by atoms with van der Waals surface area (Å²) >= 11 is 0. The van der Waals surface area contributed by atoms with Crippen LogP contribution in [0.15, 0.2) is 24.3 Å². The summed E-state index contributed by atoms with van der Waals surface area (Å²) in [5, 5.41) is 11.7. The Labute approximate surface area is 79.2 Å². The highest BCUT2D eigenvalue weighted by Crippen LogP contribution is 2.05. The number of hydrogen-bond donors (Lipinski definition) is 1. The molecule has 1 N–H and O–H groups in total. The molecule has 0 heterocycles. The van der Waals surface area contributed by atoms with Gasteiger partial charge in [0.05, 0.1) is 11.6 Å². The van der Waals surface area contributed by atoms with Gasteiger partial charge in [-0.1, -0.05) is 12.1 Å². The van der Waals surface area contributed by atoms with Crippen LogP contribution in [0.3, 0.4) is 0 Å². The lowest BCUT2D eigenvalue weighted by Crippen LogP contribution is -2.08. The van der Waals surface area contributed by atoms with E-state index in [2.05, 4.69) is 11.4 Å². The van der Waals surface area contributed by atoms with E-state index in [-0.39, 0.29) is 0 Å². The van der Waals surface area contributed by atoms with E-state index in [0.717, 1.165) is 24.9 Å². The van der Waals surface area contributed by atoms with Gasteiger partial charge in [0.2, 0.25) is 0 Å². The highest BCUT2D eigenvalue weighted by atomic mass is 14.8. The number of nitrogens with zero attached hydrogens (tertiary/aromatic N) is 1. The smallest absolute Gasteiger partial charge is 0.0991 e. The monoisotopic (exact) mass is 174 g/mol. The largest absolute Gasteiger partial charge is 0.320 e. The predicted molar refractivity (Wildman–Crippen MR) is 53.4 cm³/mol. The molecule has 0 fully saturated rings. The van der Waals surface area contributed by atoms with Gasteiger partial charge in [-0.05, 0) is 44.1 Å². The topological polar surface area (TPSA) is 35.8 Å². The number of aryl methyl sites for hydroxylation is 1. The van der Waals surface area contributed by atoms with Crippen LogP contribution in [0.1, 0.15) is 17.5 Å². The zero-order chi connectivity index (χ0) is 9.52. The van der Waals surface area contributed by atoms with E-state index in [0.29, 0.717) is 0 Å². The van der Waals surface area contributed by atoms with Gasteiger partial charge in [-0.3, -0.25) is 0 Å². The van der Waals surface area contributed by atoms with Gasteiger partial charge in [-0.25, -0.2) is 0 Å². The van der Waals surface area contributed by atoms with Crippen LogP contribution in [-0.2, 0) is 6.42 Å². The second-order valence-electron chi connectivity index (χ2n) is 3.02. The summed E-state index contributed by atoms with van der Waals surface area (Å²) in [5.41, 5.74) is 2.03. The molecule has 0 unspecified atom stereocenters. The van der Waals surface area contributed by atoms with Crippen molar-refractivity contribution in [1.29, 1.82) is 5.26 Å². The van der Waals surface area contributed by atoms with E-state index >= 15 is 0 Å². The molecule has 0 spiro atoms. The van der Waals surface area contributed by atoms with E-state index < -0.39 is 0 Å². The molecule has 2 heteroatoms. The molecule has 0 bridgehead atoms. The van der Waals surface area contributed by atoms with Crippen LogP contribution in [0, 0.1) is 11.3 Å². The van der Waals surface area contributed by atoms with Gasteiger partial charge in [-0.2, -0.15) is 5.26 Å². The molecular formula is C11H14N2. The van der Waals surface area contributed by atoms with Crippen LogP contribution in [0.5, 0.6) is 0 Å². The second-order valence-corrected chi connectivity index (χ2v) is 3.02. The Kier molecular flexibility index (Phi) is 4.01. The molecule has 68 valence electrons. The minimum Gasteiger partial charge on any atom is -0.320 e. The fourth-order valence-electron chi connectivity index (χ4n) is 1.22. The van der Waals surface area contributed by atoms with Gasteiger partial charge in [0.25, 0.3) is 0 Å². The van der Waals surface area contributed by atoms with E-state index in [1.54, 1.807) is 0 Å². The molecule has 0 atom stereocenters. The Balaban J connectivity index is 2.46. The van der Waals surface area contributed by atoms with E-state index in [1.165, 1.54) is 5.56 Å². The van der Waals surface area contributed by atoms with Gasteiger partial charge in [-0.15, -0.1) is 0 Å². The molecule has 0 aromatic heterocycles. The molecule has 1 aromatic rings. The molecule has 0 aliphatic carbocycles. The predicted octanol–water partition coefficient (Wildman–Crippen LogP) is 1.71. The van der Waals surface area contributed by atoms with Gasteiger partial charge in [0, 0.05) is 0 Å². The fourth-order valence-corrected chi connectivity index (χ4v) is 1.22. The fraction of sp³-hybridized carbons (Fsp3) is 0.364. The minimum atomic E-state index is 0.734. The molecule has 0 aliphatic heterocycles. The van der Waals surface area contributed by atoms with Crippen LogP contribution >= 0.6 is 0 Å². The molecule has 0 radical (unpaired) electrons. The Morgan fingerprint density at radius 1 is 1.31 bits per heavy atom. The van der Waals surface area contributed by atoms with Crippen molar-refractivity contribution in [3.05, 3.63) is 35.4 Å². The summed E-state index contributed by atoms with van der Waals surface area (Å²) in [4.78, 5) is 0. The molecule has 13 heavy (non-hydrogen) atoms. The maximum atomic E-state index is 8.58. The molecule has 1 aromatic carbocycles. The van der Waals surface area contributed by atoms with Crippen molar-refractivity contribution in [1.82, 2.24) is 5.32 Å². The number of benzene rings is 1. The van der Waals surface area contributed by atoms with Crippen LogP contribution in [0.4, 0.5) is 0 Å². The lowest BCUT2D eigenvalue weighted by molar-refractivity contribution is 0.725. The number of nitrogens with one attached hydrogen (secondary N) is 1. The number of rotatable bonds is 4. The van der Waals surface area contributed by atoms with Crippen molar-refractivity contribution in [3.63, 3.8) is 0 Å². The van der Waals surface area contributed by atoms with Crippen LogP contribution < -0.4 is 5.32 Å². The summed E-state index contributed by atoms with van der Waals surface area (Å²) in [6.07, 6.45) is 2.22. The quantitative estimate of drug-likeness (QED) is 0.705. The summed E-state index contributed by atoms with van der Waals surface area (Å²) in [7, 11) is 1.96. The van der Waals surface area contributed by atoms with Crippen molar-refractivity contribution in [2.75, 3.05) is 13.6 Å². The molecule has 0 amide bonds. The first-order valence-electron chi connectivity index (χ1n) is 4.50. The number of nitriles is 1. The van der Waals surface area contributed by atoms with Crippen molar-refractivity contribution in [2.24, 2.45) is 0 Å². The Morgan fingerprint density at radius 3 is 2.54 bits per heavy atom. The second kappa shape index (κ2) is 5.34. The van der Waals surface area contributed by atoms with Crippen molar-refractivity contribution >= 4 is 0 Å². The van der Waals surface area contributed by atoms with Crippen LogP contribution in [0.2, 0.25) is 0 Å². The Morgan fingerprint density at radius 2 is 2.00 bits per heavy atom. The molecule has 0 aliphatic rings. The van der Waals surface area contributed by atoms with E-state index in [1.807, 2.05) is 31.3 Å². The Bertz CT molecular complexity index is 282. The molecular weight excluding hydrogens is 160 g/mol. The first-order chi connectivity index (χ1) is 6.36. The van der Waals surface area contributed by atoms with Crippen LogP contribution in [0.25, 0.3) is 0 Å². The maximum Gasteiger partial charge on any atom is 0.0991 e. The minimum absolute atomic E-state index is 0.734. The third kappa shape index (κ3) is 3.27. The van der Waals surface area contributed by atoms with Gasteiger partial charge >= 0.3 is 0 Å².